The molecule has 0 spiro atoms. The molecule has 0 unspecified atom stereocenters. The maximum absolute atomic E-state index is 11.9. The van der Waals surface area contributed by atoms with Crippen molar-refractivity contribution in [1.82, 2.24) is 25.1 Å². The van der Waals surface area contributed by atoms with Gasteiger partial charge in [-0.1, -0.05) is 11.6 Å². The zero-order valence-electron chi connectivity index (χ0n) is 10.7. The van der Waals surface area contributed by atoms with Gasteiger partial charge >= 0.3 is 0 Å². The normalized spacial score (nSPS) is 10.5. The van der Waals surface area contributed by atoms with Crippen molar-refractivity contribution in [1.29, 1.82) is 0 Å². The summed E-state index contributed by atoms with van der Waals surface area (Å²) >= 11 is 5.81. The molecule has 1 amide bonds. The first kappa shape index (κ1) is 13.5. The summed E-state index contributed by atoms with van der Waals surface area (Å²) in [6.45, 7) is 2.27. The Morgan fingerprint density at radius 3 is 2.89 bits per heavy atom. The Hall–Kier alpha value is -1.95. The smallest absolute Gasteiger partial charge is 0.251 e. The second kappa shape index (κ2) is 5.79. The molecule has 2 heterocycles. The van der Waals surface area contributed by atoms with Crippen LogP contribution in [-0.2, 0) is 13.5 Å². The fourth-order valence-corrected chi connectivity index (χ4v) is 1.90. The number of nitrogens with one attached hydrogen (secondary N) is 1. The Balaban J connectivity index is 1.90. The van der Waals surface area contributed by atoms with Crippen LogP contribution in [0.4, 0.5) is 0 Å². The molecule has 2 aromatic heterocycles. The van der Waals surface area contributed by atoms with Crippen LogP contribution in [0.15, 0.2) is 18.5 Å². The molecule has 2 rings (SSSR count). The van der Waals surface area contributed by atoms with Gasteiger partial charge in [-0.2, -0.15) is 5.10 Å². The molecule has 0 aliphatic carbocycles. The van der Waals surface area contributed by atoms with Crippen molar-refractivity contribution in [3.8, 4) is 0 Å². The fourth-order valence-electron chi connectivity index (χ4n) is 1.65. The van der Waals surface area contributed by atoms with Gasteiger partial charge in [0.2, 0.25) is 0 Å². The monoisotopic (exact) mass is 279 g/mol. The van der Waals surface area contributed by atoms with Gasteiger partial charge in [0.25, 0.3) is 5.91 Å². The lowest BCUT2D eigenvalue weighted by atomic mass is 10.2. The molecule has 0 atom stereocenters. The number of aromatic nitrogens is 4. The van der Waals surface area contributed by atoms with Crippen LogP contribution >= 0.6 is 11.6 Å². The van der Waals surface area contributed by atoms with Crippen molar-refractivity contribution in [2.75, 3.05) is 6.54 Å². The molecule has 6 nitrogen and oxygen atoms in total. The van der Waals surface area contributed by atoms with E-state index in [2.05, 4.69) is 20.4 Å². The maximum atomic E-state index is 11.9. The lowest BCUT2D eigenvalue weighted by molar-refractivity contribution is 0.0954. The van der Waals surface area contributed by atoms with E-state index in [-0.39, 0.29) is 5.91 Å². The van der Waals surface area contributed by atoms with E-state index in [0.29, 0.717) is 35.2 Å². The van der Waals surface area contributed by atoms with Gasteiger partial charge in [-0.3, -0.25) is 9.48 Å². The number of rotatable bonds is 4. The molecule has 0 saturated carbocycles. The molecule has 0 radical (unpaired) electrons. The highest BCUT2D eigenvalue weighted by Crippen LogP contribution is 2.10. The van der Waals surface area contributed by atoms with Crippen molar-refractivity contribution >= 4 is 17.5 Å². The summed E-state index contributed by atoms with van der Waals surface area (Å²) in [4.78, 5) is 20.0. The number of hydrogen-bond acceptors (Lipinski definition) is 4. The number of aryl methyl sites for hydroxylation is 2. The largest absolute Gasteiger partial charge is 0.352 e. The van der Waals surface area contributed by atoms with Crippen LogP contribution in [0.5, 0.6) is 0 Å². The number of amides is 1. The van der Waals surface area contributed by atoms with E-state index in [1.807, 2.05) is 0 Å². The van der Waals surface area contributed by atoms with Crippen LogP contribution in [-0.4, -0.2) is 32.2 Å². The number of nitrogens with zero attached hydrogens (tertiary/aromatic N) is 4. The molecule has 0 saturated heterocycles. The SMILES string of the molecule is Cc1cc(C(=O)NCCc2ncn(C)n2)cc(Cl)n1. The predicted molar refractivity (Wildman–Crippen MR) is 71.0 cm³/mol. The highest BCUT2D eigenvalue weighted by Gasteiger charge is 2.08. The maximum Gasteiger partial charge on any atom is 0.251 e. The van der Waals surface area contributed by atoms with Crippen LogP contribution in [0.25, 0.3) is 0 Å². The fraction of sp³-hybridized carbons (Fsp3) is 0.333. The second-order valence-corrected chi connectivity index (χ2v) is 4.55. The minimum absolute atomic E-state index is 0.177. The molecule has 0 fully saturated rings. The Kier molecular flexibility index (Phi) is 4.11. The number of carbonyl (C=O) groups is 1. The van der Waals surface area contributed by atoms with Gasteiger partial charge < -0.3 is 5.32 Å². The third-order valence-electron chi connectivity index (χ3n) is 2.47. The van der Waals surface area contributed by atoms with E-state index in [4.69, 9.17) is 11.6 Å². The molecule has 1 N–H and O–H groups in total. The Morgan fingerprint density at radius 1 is 1.47 bits per heavy atom. The first-order valence-electron chi connectivity index (χ1n) is 5.81. The average molecular weight is 280 g/mol. The van der Waals surface area contributed by atoms with E-state index >= 15 is 0 Å². The van der Waals surface area contributed by atoms with Crippen LogP contribution in [0.3, 0.4) is 0 Å². The standard InChI is InChI=1S/C12H14ClN5O/c1-8-5-9(6-10(13)16-8)12(19)14-4-3-11-15-7-18(2)17-11/h5-7H,3-4H2,1-2H3,(H,14,19). The van der Waals surface area contributed by atoms with Gasteiger partial charge in [-0.05, 0) is 19.1 Å². The molecule has 0 aliphatic heterocycles. The molecule has 7 heteroatoms. The predicted octanol–water partition coefficient (Wildman–Crippen LogP) is 1.14. The lowest BCUT2D eigenvalue weighted by Crippen LogP contribution is -2.26. The molecule has 100 valence electrons. The van der Waals surface area contributed by atoms with Crippen molar-refractivity contribution in [3.63, 3.8) is 0 Å². The lowest BCUT2D eigenvalue weighted by Gasteiger charge is -2.05. The van der Waals surface area contributed by atoms with Crippen LogP contribution in [0.2, 0.25) is 5.15 Å². The summed E-state index contributed by atoms with van der Waals surface area (Å²) < 4.78 is 1.63. The first-order chi connectivity index (χ1) is 9.04. The van der Waals surface area contributed by atoms with Crippen molar-refractivity contribution in [2.45, 2.75) is 13.3 Å². The number of carbonyl (C=O) groups excluding carboxylic acids is 1. The molecular formula is C12H14ClN5O. The highest BCUT2D eigenvalue weighted by molar-refractivity contribution is 6.29. The quantitative estimate of drug-likeness (QED) is 0.852. The molecule has 2 aromatic rings. The van der Waals surface area contributed by atoms with E-state index in [9.17, 15) is 4.79 Å². The first-order valence-corrected chi connectivity index (χ1v) is 6.19. The second-order valence-electron chi connectivity index (χ2n) is 4.16. The minimum Gasteiger partial charge on any atom is -0.352 e. The van der Waals surface area contributed by atoms with Gasteiger partial charge in [-0.25, -0.2) is 9.97 Å². The van der Waals surface area contributed by atoms with E-state index in [1.54, 1.807) is 37.1 Å². The van der Waals surface area contributed by atoms with Gasteiger partial charge in [-0.15, -0.1) is 0 Å². The number of hydrogen-bond donors (Lipinski definition) is 1. The van der Waals surface area contributed by atoms with Gasteiger partial charge in [0, 0.05) is 31.3 Å². The summed E-state index contributed by atoms with van der Waals surface area (Å²) in [6.07, 6.45) is 2.22. The van der Waals surface area contributed by atoms with E-state index in [1.165, 1.54) is 0 Å². The van der Waals surface area contributed by atoms with Crippen molar-refractivity contribution in [2.24, 2.45) is 7.05 Å². The van der Waals surface area contributed by atoms with Crippen LogP contribution in [0.1, 0.15) is 21.9 Å². The molecule has 19 heavy (non-hydrogen) atoms. The summed E-state index contributed by atoms with van der Waals surface area (Å²) in [5, 5.41) is 7.24. The van der Waals surface area contributed by atoms with Gasteiger partial charge in [0.15, 0.2) is 5.82 Å². The van der Waals surface area contributed by atoms with Crippen LogP contribution < -0.4 is 5.32 Å². The van der Waals surface area contributed by atoms with E-state index in [0.717, 1.165) is 0 Å². The van der Waals surface area contributed by atoms with Gasteiger partial charge in [0.05, 0.1) is 0 Å². The Morgan fingerprint density at radius 2 is 2.26 bits per heavy atom. The summed E-state index contributed by atoms with van der Waals surface area (Å²) in [7, 11) is 1.80. The van der Waals surface area contributed by atoms with Crippen LogP contribution in [0, 0.1) is 6.92 Å². The van der Waals surface area contributed by atoms with Crippen molar-refractivity contribution in [3.05, 3.63) is 40.7 Å². The summed E-state index contributed by atoms with van der Waals surface area (Å²) in [5.41, 5.74) is 1.22. The number of halogens is 1. The highest BCUT2D eigenvalue weighted by atomic mass is 35.5. The summed E-state index contributed by atoms with van der Waals surface area (Å²) in [5.74, 6) is 0.523. The van der Waals surface area contributed by atoms with Gasteiger partial charge in [0.1, 0.15) is 11.5 Å². The molecule has 0 aliphatic rings. The molecule has 0 bridgehead atoms. The summed E-state index contributed by atoms with van der Waals surface area (Å²) in [6, 6.07) is 3.24. The zero-order valence-corrected chi connectivity index (χ0v) is 11.5. The molecule has 0 aromatic carbocycles. The number of pyridine rings is 1. The zero-order chi connectivity index (χ0) is 13.8. The Labute approximate surface area is 115 Å². The van der Waals surface area contributed by atoms with Crippen molar-refractivity contribution < 1.29 is 4.79 Å². The minimum atomic E-state index is -0.177. The Bertz CT molecular complexity index is 575. The van der Waals surface area contributed by atoms with E-state index < -0.39 is 0 Å². The molecular weight excluding hydrogens is 266 g/mol. The average Bonchev–Trinajstić information content (AvgIpc) is 2.73. The topological polar surface area (TPSA) is 72.7 Å². The third kappa shape index (κ3) is 3.75. The third-order valence-corrected chi connectivity index (χ3v) is 2.66.